The average Bonchev–Trinajstić information content (AvgIpc) is 3.26. The van der Waals surface area contributed by atoms with Crippen molar-refractivity contribution >= 4 is 44.9 Å². The minimum Gasteiger partial charge on any atom is -0.399 e. The van der Waals surface area contributed by atoms with E-state index >= 15 is 0 Å². The van der Waals surface area contributed by atoms with Crippen LogP contribution in [0, 0.1) is 22.7 Å². The van der Waals surface area contributed by atoms with E-state index in [0.717, 1.165) is 60.0 Å². The molecule has 1 saturated heterocycles. The van der Waals surface area contributed by atoms with Crippen molar-refractivity contribution in [2.24, 2.45) is 0 Å². The zero-order valence-electron chi connectivity index (χ0n) is 24.6. The summed E-state index contributed by atoms with van der Waals surface area (Å²) in [5, 5.41) is 25.6. The lowest BCUT2D eigenvalue weighted by Crippen LogP contribution is -2.41. The number of nitrogens with zero attached hydrogens (tertiary/aromatic N) is 2. The van der Waals surface area contributed by atoms with Crippen molar-refractivity contribution in [2.45, 2.75) is 38.9 Å². The molecule has 1 fully saturated rings. The first-order chi connectivity index (χ1) is 20.7. The summed E-state index contributed by atoms with van der Waals surface area (Å²) in [7, 11) is -0.482. The molecule has 0 amide bonds. The number of fused-ring (bicyclic) bond motifs is 5. The van der Waals surface area contributed by atoms with E-state index in [2.05, 4.69) is 94.4 Å². The van der Waals surface area contributed by atoms with Gasteiger partial charge in [0.25, 0.3) is 0 Å². The van der Waals surface area contributed by atoms with Crippen LogP contribution >= 0.6 is 0 Å². The third-order valence-electron chi connectivity index (χ3n) is 9.17. The maximum atomic E-state index is 9.43. The highest BCUT2D eigenvalue weighted by Crippen LogP contribution is 2.42. The zero-order valence-corrected chi connectivity index (χ0v) is 24.6. The third-order valence-corrected chi connectivity index (χ3v) is 9.17. The molecule has 0 unspecified atom stereocenters. The van der Waals surface area contributed by atoms with Gasteiger partial charge in [0, 0.05) is 0 Å². The first kappa shape index (κ1) is 26.9. The maximum Gasteiger partial charge on any atom is 0.494 e. The lowest BCUT2D eigenvalue weighted by molar-refractivity contribution is 0.00578. The normalized spacial score (nSPS) is 15.5. The standard InChI is InChI=1S/C38H29BN2O2/c1-37(2)38(3,4)43-39(42-37)28-17-18-31-34(19-28)33(27-15-11-25(23-41)12-16-27)21-35-30-8-6-5-7-29(30)32(20-36(31)35)26-13-9-24(22-40)10-14-26/h5-21H,1-4H3. The summed E-state index contributed by atoms with van der Waals surface area (Å²) in [6, 6.07) is 39.6. The summed E-state index contributed by atoms with van der Waals surface area (Å²) >= 11 is 0. The van der Waals surface area contributed by atoms with Crippen molar-refractivity contribution in [3.8, 4) is 34.4 Å². The van der Waals surface area contributed by atoms with Gasteiger partial charge in [-0.25, -0.2) is 0 Å². The van der Waals surface area contributed by atoms with Gasteiger partial charge < -0.3 is 9.31 Å². The van der Waals surface area contributed by atoms with Gasteiger partial charge in [-0.1, -0.05) is 66.7 Å². The molecule has 0 spiro atoms. The van der Waals surface area contributed by atoms with E-state index in [9.17, 15) is 10.5 Å². The zero-order chi connectivity index (χ0) is 29.9. The molecule has 0 N–H and O–H groups in total. The lowest BCUT2D eigenvalue weighted by atomic mass is 9.77. The molecule has 6 aromatic rings. The van der Waals surface area contributed by atoms with E-state index < -0.39 is 18.3 Å². The Morgan fingerprint density at radius 2 is 0.977 bits per heavy atom. The Hall–Kier alpha value is -4.94. The quantitative estimate of drug-likeness (QED) is 0.162. The predicted molar refractivity (Wildman–Crippen MR) is 175 cm³/mol. The number of nitriles is 2. The second kappa shape index (κ2) is 9.82. The Bertz CT molecular complexity index is 2140. The summed E-state index contributed by atoms with van der Waals surface area (Å²) in [4.78, 5) is 0. The Labute approximate surface area is 251 Å². The van der Waals surface area contributed by atoms with Crippen molar-refractivity contribution in [1.82, 2.24) is 0 Å². The largest absolute Gasteiger partial charge is 0.494 e. The number of hydrogen-bond acceptors (Lipinski definition) is 4. The second-order valence-corrected chi connectivity index (χ2v) is 12.3. The van der Waals surface area contributed by atoms with Crippen LogP contribution in [0.4, 0.5) is 0 Å². The highest BCUT2D eigenvalue weighted by molar-refractivity contribution is 6.62. The molecule has 0 radical (unpaired) electrons. The SMILES string of the molecule is CC1(C)OB(c2ccc3c(c2)c(-c2ccc(C#N)cc2)cc2c4ccccc4c(-c4ccc(C#N)cc4)cc32)OC1(C)C. The van der Waals surface area contributed by atoms with Gasteiger partial charge in [0.2, 0.25) is 0 Å². The molecular formula is C38H29BN2O2. The predicted octanol–water partition coefficient (Wildman–Crippen LogP) is 8.52. The Kier molecular flexibility index (Phi) is 6.15. The van der Waals surface area contributed by atoms with Crippen LogP contribution in [0.3, 0.4) is 0 Å². The van der Waals surface area contributed by atoms with Crippen LogP contribution in [0.2, 0.25) is 0 Å². The van der Waals surface area contributed by atoms with Crippen molar-refractivity contribution in [1.29, 1.82) is 10.5 Å². The molecular weight excluding hydrogens is 527 g/mol. The molecule has 0 bridgehead atoms. The average molecular weight is 556 g/mol. The van der Waals surface area contributed by atoms with E-state index in [0.29, 0.717) is 11.1 Å². The van der Waals surface area contributed by atoms with Gasteiger partial charge in [-0.15, -0.1) is 0 Å². The number of benzene rings is 6. The van der Waals surface area contributed by atoms with Gasteiger partial charge in [-0.2, -0.15) is 10.5 Å². The smallest absolute Gasteiger partial charge is 0.399 e. The van der Waals surface area contributed by atoms with Crippen LogP contribution in [0.5, 0.6) is 0 Å². The summed E-state index contributed by atoms with van der Waals surface area (Å²) in [6.07, 6.45) is 0. The van der Waals surface area contributed by atoms with Crippen LogP contribution < -0.4 is 5.46 Å². The Morgan fingerprint density at radius 3 is 1.49 bits per heavy atom. The first-order valence-electron chi connectivity index (χ1n) is 14.5. The Balaban J connectivity index is 1.53. The van der Waals surface area contributed by atoms with Crippen LogP contribution in [-0.4, -0.2) is 18.3 Å². The minimum atomic E-state index is -0.482. The van der Waals surface area contributed by atoms with Crippen LogP contribution in [-0.2, 0) is 9.31 Å². The molecule has 0 aliphatic carbocycles. The van der Waals surface area contributed by atoms with Crippen molar-refractivity contribution < 1.29 is 9.31 Å². The highest BCUT2D eigenvalue weighted by Gasteiger charge is 2.51. The molecule has 4 nitrogen and oxygen atoms in total. The van der Waals surface area contributed by atoms with Gasteiger partial charge in [0.1, 0.15) is 0 Å². The van der Waals surface area contributed by atoms with Crippen LogP contribution in [0.25, 0.3) is 54.6 Å². The highest BCUT2D eigenvalue weighted by atomic mass is 16.7. The summed E-state index contributed by atoms with van der Waals surface area (Å²) in [5.41, 5.74) is 5.66. The second-order valence-electron chi connectivity index (χ2n) is 12.3. The molecule has 5 heteroatoms. The van der Waals surface area contributed by atoms with E-state index in [-0.39, 0.29) is 0 Å². The molecule has 1 heterocycles. The van der Waals surface area contributed by atoms with Gasteiger partial charge in [-0.3, -0.25) is 0 Å². The van der Waals surface area contributed by atoms with E-state index in [1.165, 1.54) is 0 Å². The van der Waals surface area contributed by atoms with E-state index in [4.69, 9.17) is 9.31 Å². The fourth-order valence-electron chi connectivity index (χ4n) is 6.07. The van der Waals surface area contributed by atoms with Gasteiger partial charge in [0.05, 0.1) is 34.5 Å². The van der Waals surface area contributed by atoms with Crippen molar-refractivity contribution in [2.75, 3.05) is 0 Å². The molecule has 206 valence electrons. The molecule has 7 rings (SSSR count). The van der Waals surface area contributed by atoms with E-state index in [1.54, 1.807) is 0 Å². The molecule has 0 aromatic heterocycles. The molecule has 43 heavy (non-hydrogen) atoms. The molecule has 1 aliphatic rings. The summed E-state index contributed by atoms with van der Waals surface area (Å²) in [6.45, 7) is 8.28. The molecule has 1 aliphatic heterocycles. The van der Waals surface area contributed by atoms with Gasteiger partial charge >= 0.3 is 7.12 Å². The van der Waals surface area contributed by atoms with Crippen LogP contribution in [0.1, 0.15) is 38.8 Å². The summed E-state index contributed by atoms with van der Waals surface area (Å²) < 4.78 is 12.9. The number of rotatable bonds is 3. The van der Waals surface area contributed by atoms with Crippen molar-refractivity contribution in [3.63, 3.8) is 0 Å². The van der Waals surface area contributed by atoms with Crippen molar-refractivity contribution in [3.05, 3.63) is 114 Å². The third kappa shape index (κ3) is 4.37. The Morgan fingerprint density at radius 1 is 0.512 bits per heavy atom. The molecule has 0 atom stereocenters. The first-order valence-corrected chi connectivity index (χ1v) is 14.5. The molecule has 6 aromatic carbocycles. The number of hydrogen-bond donors (Lipinski definition) is 0. The minimum absolute atomic E-state index is 0.444. The van der Waals surface area contributed by atoms with Gasteiger partial charge in [-0.05, 0) is 124 Å². The molecule has 0 saturated carbocycles. The van der Waals surface area contributed by atoms with E-state index in [1.807, 2.05) is 48.5 Å². The van der Waals surface area contributed by atoms with Gasteiger partial charge in [0.15, 0.2) is 0 Å². The monoisotopic (exact) mass is 556 g/mol. The summed E-state index contributed by atoms with van der Waals surface area (Å²) in [5.74, 6) is 0. The fraction of sp³-hybridized carbons (Fsp3) is 0.158. The lowest BCUT2D eigenvalue weighted by Gasteiger charge is -2.32. The topological polar surface area (TPSA) is 66.0 Å². The maximum absolute atomic E-state index is 9.43. The van der Waals surface area contributed by atoms with Crippen LogP contribution in [0.15, 0.2) is 103 Å². The fourth-order valence-corrected chi connectivity index (χ4v) is 6.07.